The molecule has 1 fully saturated rings. The number of hydrogen-bond acceptors (Lipinski definition) is 6. The van der Waals surface area contributed by atoms with Crippen molar-refractivity contribution in [2.75, 3.05) is 12.9 Å². The van der Waals surface area contributed by atoms with Gasteiger partial charge in [0.15, 0.2) is 5.16 Å². The lowest BCUT2D eigenvalue weighted by molar-refractivity contribution is -0.145. The molecule has 0 aliphatic heterocycles. The molecule has 3 rings (SSSR count). The zero-order chi connectivity index (χ0) is 17.2. The Hall–Kier alpha value is -1.56. The van der Waals surface area contributed by atoms with E-state index in [0.29, 0.717) is 19.4 Å². The molecule has 2 N–H and O–H groups in total. The number of carbonyl (C=O) groups is 1. The van der Waals surface area contributed by atoms with Gasteiger partial charge in [0.2, 0.25) is 0 Å². The van der Waals surface area contributed by atoms with Gasteiger partial charge >= 0.3 is 5.97 Å². The van der Waals surface area contributed by atoms with Crippen LogP contribution in [0.4, 0.5) is 0 Å². The molecular formula is C18H25N3O2S. The zero-order valence-corrected chi connectivity index (χ0v) is 15.2. The van der Waals surface area contributed by atoms with Gasteiger partial charge in [-0.2, -0.15) is 0 Å². The molecule has 0 radical (unpaired) electrons. The number of fused-ring (bicyclic) bond motifs is 1. The average Bonchev–Trinajstić information content (AvgIpc) is 2.91. The van der Waals surface area contributed by atoms with Gasteiger partial charge < -0.3 is 10.5 Å². The number of allylic oxidation sites excluding steroid dienone is 2. The second-order valence-electron chi connectivity index (χ2n) is 6.63. The Morgan fingerprint density at radius 1 is 1.38 bits per heavy atom. The van der Waals surface area contributed by atoms with Gasteiger partial charge in [-0.3, -0.25) is 4.79 Å². The van der Waals surface area contributed by atoms with Crippen molar-refractivity contribution in [1.29, 1.82) is 0 Å². The summed E-state index contributed by atoms with van der Waals surface area (Å²) >= 11 is 1.53. The molecule has 1 aromatic heterocycles. The normalized spacial score (nSPS) is 19.2. The maximum Gasteiger partial charge on any atom is 0.306 e. The zero-order valence-electron chi connectivity index (χ0n) is 14.4. The molecule has 5 nitrogen and oxygen atoms in total. The molecule has 130 valence electrons. The Morgan fingerprint density at radius 2 is 2.12 bits per heavy atom. The van der Waals surface area contributed by atoms with Gasteiger partial charge in [0, 0.05) is 34.9 Å². The minimum Gasteiger partial charge on any atom is -0.466 e. The van der Waals surface area contributed by atoms with Crippen molar-refractivity contribution in [3.8, 4) is 0 Å². The summed E-state index contributed by atoms with van der Waals surface area (Å²) in [6, 6.07) is 0. The Balaban J connectivity index is 2.02. The molecule has 0 unspecified atom stereocenters. The van der Waals surface area contributed by atoms with Crippen molar-refractivity contribution >= 4 is 23.3 Å². The number of nitrogens with two attached hydrogens (primary N) is 1. The molecule has 0 spiro atoms. The first-order valence-electron chi connectivity index (χ1n) is 8.64. The van der Waals surface area contributed by atoms with Crippen molar-refractivity contribution in [1.82, 2.24) is 9.97 Å². The molecular weight excluding hydrogens is 322 g/mol. The highest BCUT2D eigenvalue weighted by Crippen LogP contribution is 2.52. The van der Waals surface area contributed by atoms with Crippen molar-refractivity contribution in [2.24, 2.45) is 11.1 Å². The Morgan fingerprint density at radius 3 is 2.79 bits per heavy atom. The number of rotatable bonds is 5. The van der Waals surface area contributed by atoms with E-state index in [1.165, 1.54) is 18.2 Å². The third-order valence-electron chi connectivity index (χ3n) is 5.09. The first-order chi connectivity index (χ1) is 11.6. The number of carbonyl (C=O) groups excluding carboxylic acids is 1. The van der Waals surface area contributed by atoms with Crippen LogP contribution in [-0.4, -0.2) is 28.8 Å². The summed E-state index contributed by atoms with van der Waals surface area (Å²) in [5.41, 5.74) is 10.2. The molecule has 0 bridgehead atoms. The van der Waals surface area contributed by atoms with Gasteiger partial charge in [0.05, 0.1) is 18.7 Å². The van der Waals surface area contributed by atoms with Crippen LogP contribution in [0.3, 0.4) is 0 Å². The second kappa shape index (κ2) is 7.13. The monoisotopic (exact) mass is 347 g/mol. The van der Waals surface area contributed by atoms with Crippen molar-refractivity contribution in [2.45, 2.75) is 57.0 Å². The number of thioether (sulfide) groups is 1. The fraction of sp³-hybridized carbons (Fsp3) is 0.611. The van der Waals surface area contributed by atoms with Gasteiger partial charge in [-0.25, -0.2) is 9.97 Å². The Labute approximate surface area is 147 Å². The van der Waals surface area contributed by atoms with Gasteiger partial charge in [-0.15, -0.1) is 0 Å². The standard InChI is InChI=1S/C18H25N3O2S/c1-3-23-14(22)10-18(7-5-4-6-8-18)15-13(19)9-12-11-20-17(24-2)21-16(12)15/h11H,3-10,19H2,1-2H3. The molecule has 0 saturated heterocycles. The lowest BCUT2D eigenvalue weighted by atomic mass is 9.66. The van der Waals surface area contributed by atoms with Crippen LogP contribution in [0, 0.1) is 5.41 Å². The van der Waals surface area contributed by atoms with Gasteiger partial charge in [-0.05, 0) is 26.0 Å². The summed E-state index contributed by atoms with van der Waals surface area (Å²) in [7, 11) is 0. The highest BCUT2D eigenvalue weighted by Gasteiger charge is 2.43. The highest BCUT2D eigenvalue weighted by atomic mass is 32.2. The smallest absolute Gasteiger partial charge is 0.306 e. The molecule has 6 heteroatoms. The van der Waals surface area contributed by atoms with Crippen molar-refractivity contribution < 1.29 is 9.53 Å². The van der Waals surface area contributed by atoms with Gasteiger partial charge in [-0.1, -0.05) is 31.0 Å². The molecule has 0 aromatic carbocycles. The van der Waals surface area contributed by atoms with Crippen molar-refractivity contribution in [3.63, 3.8) is 0 Å². The van der Waals surface area contributed by atoms with Crippen LogP contribution < -0.4 is 5.73 Å². The molecule has 2 aliphatic rings. The minimum absolute atomic E-state index is 0.132. The number of nitrogens with zero attached hydrogens (tertiary/aromatic N) is 2. The first-order valence-corrected chi connectivity index (χ1v) is 9.87. The van der Waals surface area contributed by atoms with E-state index in [4.69, 9.17) is 15.5 Å². The van der Waals surface area contributed by atoms with E-state index in [9.17, 15) is 4.79 Å². The quantitative estimate of drug-likeness (QED) is 0.500. The van der Waals surface area contributed by atoms with E-state index < -0.39 is 0 Å². The van der Waals surface area contributed by atoms with E-state index in [0.717, 1.165) is 53.4 Å². The van der Waals surface area contributed by atoms with E-state index in [1.54, 1.807) is 0 Å². The Kier molecular flexibility index (Phi) is 5.13. The van der Waals surface area contributed by atoms with Crippen LogP contribution >= 0.6 is 11.8 Å². The fourth-order valence-corrected chi connectivity index (χ4v) is 4.44. The predicted octanol–water partition coefficient (Wildman–Crippen LogP) is 3.33. The molecule has 24 heavy (non-hydrogen) atoms. The third-order valence-corrected chi connectivity index (χ3v) is 5.65. The van der Waals surface area contributed by atoms with Crippen LogP contribution in [0.5, 0.6) is 0 Å². The first kappa shape index (κ1) is 17.3. The molecule has 1 saturated carbocycles. The fourth-order valence-electron chi connectivity index (χ4n) is 4.10. The van der Waals surface area contributed by atoms with Gasteiger partial charge in [0.1, 0.15) is 0 Å². The summed E-state index contributed by atoms with van der Waals surface area (Å²) in [4.78, 5) is 21.4. The number of esters is 1. The summed E-state index contributed by atoms with van der Waals surface area (Å²) in [5, 5.41) is 0.753. The topological polar surface area (TPSA) is 78.1 Å². The second-order valence-corrected chi connectivity index (χ2v) is 7.40. The molecule has 0 atom stereocenters. The van der Waals surface area contributed by atoms with E-state index in [2.05, 4.69) is 4.98 Å². The number of aromatic nitrogens is 2. The molecule has 1 heterocycles. The number of ether oxygens (including phenoxy) is 1. The summed E-state index contributed by atoms with van der Waals surface area (Å²) in [5.74, 6) is -0.132. The Bertz CT molecular complexity index is 666. The minimum atomic E-state index is -0.232. The van der Waals surface area contributed by atoms with Crippen LogP contribution in [0.2, 0.25) is 0 Å². The van der Waals surface area contributed by atoms with Crippen LogP contribution in [0.25, 0.3) is 5.57 Å². The maximum absolute atomic E-state index is 12.3. The van der Waals surface area contributed by atoms with Crippen LogP contribution in [0.1, 0.15) is 56.7 Å². The largest absolute Gasteiger partial charge is 0.466 e. The maximum atomic E-state index is 12.3. The van der Waals surface area contributed by atoms with Crippen LogP contribution in [-0.2, 0) is 16.0 Å². The summed E-state index contributed by atoms with van der Waals surface area (Å²) in [6.45, 7) is 2.26. The van der Waals surface area contributed by atoms with Crippen LogP contribution in [0.15, 0.2) is 17.1 Å². The third kappa shape index (κ3) is 3.16. The van der Waals surface area contributed by atoms with E-state index in [-0.39, 0.29) is 11.4 Å². The highest BCUT2D eigenvalue weighted by molar-refractivity contribution is 7.98. The SMILES string of the molecule is CCOC(=O)CC1(C2=C(N)Cc3cnc(SC)nc32)CCCCC1. The lowest BCUT2D eigenvalue weighted by Gasteiger charge is -2.38. The van der Waals surface area contributed by atoms with E-state index in [1.807, 2.05) is 19.4 Å². The van der Waals surface area contributed by atoms with Crippen molar-refractivity contribution in [3.05, 3.63) is 23.2 Å². The predicted molar refractivity (Wildman–Crippen MR) is 95.4 cm³/mol. The molecule has 1 aromatic rings. The van der Waals surface area contributed by atoms with Gasteiger partial charge in [0.25, 0.3) is 0 Å². The van der Waals surface area contributed by atoms with E-state index >= 15 is 0 Å². The lowest BCUT2D eigenvalue weighted by Crippen LogP contribution is -2.31. The summed E-state index contributed by atoms with van der Waals surface area (Å²) < 4.78 is 5.26. The average molecular weight is 347 g/mol. The number of hydrogen-bond donors (Lipinski definition) is 1. The molecule has 2 aliphatic carbocycles. The summed E-state index contributed by atoms with van der Waals surface area (Å²) in [6.07, 6.45) is 10.3. The molecule has 0 amide bonds.